The maximum atomic E-state index is 12.6. The van der Waals surface area contributed by atoms with Gasteiger partial charge < -0.3 is 9.52 Å². The number of nitrogens with zero attached hydrogens (tertiary/aromatic N) is 4. The van der Waals surface area contributed by atoms with Crippen LogP contribution in [-0.4, -0.2) is 19.6 Å². The van der Waals surface area contributed by atoms with Crippen LogP contribution in [0, 0.1) is 17.4 Å². The third kappa shape index (κ3) is 8.03. The maximum Gasteiger partial charge on any atom is 0.148 e. The number of benzene rings is 7. The number of fused-ring (bicyclic) bond motifs is 4. The summed E-state index contributed by atoms with van der Waals surface area (Å²) < 4.78 is 9.13. The third-order valence-corrected chi connectivity index (χ3v) is 13.0. The van der Waals surface area contributed by atoms with E-state index in [0.717, 1.165) is 72.0 Å². The van der Waals surface area contributed by atoms with Crippen LogP contribution < -0.4 is 0 Å². The second-order valence-electron chi connectivity index (χ2n) is 20.7. The summed E-state index contributed by atoms with van der Waals surface area (Å²) in [5, 5.41) is 24.7. The summed E-state index contributed by atoms with van der Waals surface area (Å²) in [7, 11) is 0. The van der Waals surface area contributed by atoms with Crippen molar-refractivity contribution >= 4 is 33.0 Å². The van der Waals surface area contributed by atoms with Gasteiger partial charge in [-0.1, -0.05) is 177 Å². The van der Waals surface area contributed by atoms with Gasteiger partial charge in [0.25, 0.3) is 0 Å². The molecule has 0 fully saturated rings. The van der Waals surface area contributed by atoms with Crippen molar-refractivity contribution in [3.8, 4) is 73.5 Å². The van der Waals surface area contributed by atoms with Crippen molar-refractivity contribution in [1.82, 2.24) is 14.5 Å². The number of aromatic nitrogens is 3. The zero-order valence-corrected chi connectivity index (χ0v) is 42.2. The van der Waals surface area contributed by atoms with Crippen LogP contribution in [0.25, 0.3) is 94.7 Å². The summed E-state index contributed by atoms with van der Waals surface area (Å²) in [4.78, 5) is 10.5. The molecule has 0 radical (unpaired) electrons. The molecular weight excluding hydrogens is 1020 g/mol. The maximum absolute atomic E-state index is 12.6. The van der Waals surface area contributed by atoms with Gasteiger partial charge in [0.15, 0.2) is 0 Å². The Morgan fingerprint density at radius 3 is 1.94 bits per heavy atom. The predicted octanol–water partition coefficient (Wildman–Crippen LogP) is 15.9. The molecule has 1 N–H and O–H groups in total. The number of hydrogen-bond acceptors (Lipinski definition) is 5. The van der Waals surface area contributed by atoms with Crippen LogP contribution in [0.5, 0.6) is 5.75 Å². The predicted molar refractivity (Wildman–Crippen MR) is 275 cm³/mol. The average molecular weight is 1070 g/mol. The van der Waals surface area contributed by atoms with E-state index in [2.05, 4.69) is 158 Å². The van der Waals surface area contributed by atoms with Crippen molar-refractivity contribution in [2.24, 2.45) is 0 Å². The van der Waals surface area contributed by atoms with Crippen LogP contribution in [0.4, 0.5) is 0 Å². The van der Waals surface area contributed by atoms with Crippen LogP contribution in [-0.2, 0) is 37.3 Å². The zero-order valence-electron chi connectivity index (χ0n) is 39.9. The Morgan fingerprint density at radius 1 is 0.618 bits per heavy atom. The fraction of sp³-hybridized carbons (Fsp3) is 0.197. The SMILES string of the molecule is CC(C)(C)c1ccc(-n2c(-c3cc(C(C)(C)C)cc(C(C)(C)C)c3O)nc3c(-c4[c-]c(-c5ccccn5)c5oc6c(-c7ccccc7)c(C#N)ccc6c5c4)cccc32)c(-c2ccccc2)c1.[Pt]. The van der Waals surface area contributed by atoms with E-state index in [1.807, 2.05) is 66.7 Å². The Morgan fingerprint density at radius 2 is 1.29 bits per heavy atom. The standard InChI is InChI=1S/C61H53N4O2.Pt/c1-59(2,3)41-27-29-51(45(33-41)37-19-12-10-13-20-37)65-52-25-18-23-43(54(52)64-58(65)48-34-42(60(4,5)6)35-49(55(48)66)61(7,8)9)40-31-46-44-28-26-39(36-62)53(38-21-14-11-15-22-38)57(44)67-56(46)47(32-40)50-24-16-17-30-63-50;/h10-31,33-35,66H,1-9H3;/q-1;. The summed E-state index contributed by atoms with van der Waals surface area (Å²) in [5.41, 5.74) is 14.4. The topological polar surface area (TPSA) is 87.9 Å². The van der Waals surface area contributed by atoms with E-state index in [-0.39, 0.29) is 43.1 Å². The third-order valence-electron chi connectivity index (χ3n) is 13.0. The molecule has 3 heterocycles. The van der Waals surface area contributed by atoms with Crippen molar-refractivity contribution in [3.05, 3.63) is 180 Å². The minimum Gasteiger partial charge on any atom is -0.507 e. The first-order valence-electron chi connectivity index (χ1n) is 22.9. The monoisotopic (exact) mass is 1070 g/mol. The van der Waals surface area contributed by atoms with Gasteiger partial charge in [-0.3, -0.25) is 9.55 Å². The Hall–Kier alpha value is -7.06. The van der Waals surface area contributed by atoms with Gasteiger partial charge in [-0.2, -0.15) is 5.26 Å². The molecule has 0 aliphatic carbocycles. The molecule has 0 saturated carbocycles. The molecular formula is C61H53N4O2Pt-. The van der Waals surface area contributed by atoms with Gasteiger partial charge in [0.1, 0.15) is 17.2 Å². The van der Waals surface area contributed by atoms with Crippen molar-refractivity contribution in [2.75, 3.05) is 0 Å². The van der Waals surface area contributed by atoms with Crippen LogP contribution in [0.15, 0.2) is 156 Å². The Bertz CT molecular complexity index is 3580. The largest absolute Gasteiger partial charge is 0.507 e. The van der Waals surface area contributed by atoms with Crippen molar-refractivity contribution in [2.45, 2.75) is 78.6 Å². The molecule has 0 atom stereocenters. The Kier molecular flexibility index (Phi) is 11.7. The second-order valence-corrected chi connectivity index (χ2v) is 20.7. The molecule has 68 heavy (non-hydrogen) atoms. The fourth-order valence-corrected chi connectivity index (χ4v) is 9.30. The quantitative estimate of drug-likeness (QED) is 0.168. The Balaban J connectivity index is 0.00000578. The van der Waals surface area contributed by atoms with E-state index in [9.17, 15) is 10.4 Å². The zero-order chi connectivity index (χ0) is 47.0. The molecule has 7 aromatic carbocycles. The van der Waals surface area contributed by atoms with E-state index in [1.54, 1.807) is 6.20 Å². The second kappa shape index (κ2) is 17.2. The normalized spacial score (nSPS) is 12.1. The van der Waals surface area contributed by atoms with Gasteiger partial charge >= 0.3 is 0 Å². The van der Waals surface area contributed by atoms with Gasteiger partial charge in [0.2, 0.25) is 0 Å². The molecule has 0 aliphatic heterocycles. The van der Waals surface area contributed by atoms with E-state index in [4.69, 9.17) is 14.4 Å². The number of imidazole rings is 1. The van der Waals surface area contributed by atoms with Gasteiger partial charge in [0, 0.05) is 55.0 Å². The average Bonchev–Trinajstić information content (AvgIpc) is 3.89. The minimum absolute atomic E-state index is 0. The number of phenols is 1. The Labute approximate surface area is 413 Å². The van der Waals surface area contributed by atoms with Crippen molar-refractivity contribution in [3.63, 3.8) is 0 Å². The summed E-state index contributed by atoms with van der Waals surface area (Å²) >= 11 is 0. The van der Waals surface area contributed by atoms with Crippen molar-refractivity contribution in [1.29, 1.82) is 5.26 Å². The van der Waals surface area contributed by atoms with Crippen molar-refractivity contribution < 1.29 is 30.6 Å². The first kappa shape index (κ1) is 46.1. The van der Waals surface area contributed by atoms with Crippen LogP contribution in [0.2, 0.25) is 0 Å². The fourth-order valence-electron chi connectivity index (χ4n) is 9.30. The van der Waals surface area contributed by atoms with Crippen LogP contribution in [0.1, 0.15) is 84.6 Å². The molecule has 0 unspecified atom stereocenters. The smallest absolute Gasteiger partial charge is 0.148 e. The number of para-hydroxylation sites is 1. The molecule has 0 amide bonds. The molecule has 7 heteroatoms. The number of hydrogen-bond donors (Lipinski definition) is 1. The first-order chi connectivity index (χ1) is 32.0. The first-order valence-corrected chi connectivity index (χ1v) is 22.9. The van der Waals surface area contributed by atoms with Crippen LogP contribution >= 0.6 is 0 Å². The number of furan rings is 1. The number of aromatic hydroxyl groups is 1. The summed E-state index contributed by atoms with van der Waals surface area (Å²) in [5.74, 6) is 0.848. The molecule has 10 rings (SSSR count). The molecule has 0 bridgehead atoms. The van der Waals surface area contributed by atoms with E-state index >= 15 is 0 Å². The molecule has 0 aliphatic rings. The molecule has 6 nitrogen and oxygen atoms in total. The summed E-state index contributed by atoms with van der Waals surface area (Å²) in [6.07, 6.45) is 1.78. The molecule has 340 valence electrons. The summed E-state index contributed by atoms with van der Waals surface area (Å²) in [6.45, 7) is 19.8. The van der Waals surface area contributed by atoms with Crippen LogP contribution in [0.3, 0.4) is 0 Å². The number of rotatable bonds is 6. The molecule has 0 saturated heterocycles. The molecule has 10 aromatic rings. The number of pyridine rings is 1. The van der Waals surface area contributed by atoms with Gasteiger partial charge in [-0.15, -0.1) is 17.7 Å². The number of phenolic OH excluding ortho intramolecular Hbond substituents is 1. The molecule has 3 aromatic heterocycles. The molecule has 0 spiro atoms. The minimum atomic E-state index is -0.361. The van der Waals surface area contributed by atoms with Gasteiger partial charge in [-0.25, -0.2) is 4.98 Å². The summed E-state index contributed by atoms with van der Waals surface area (Å²) in [6, 6.07) is 55.8. The van der Waals surface area contributed by atoms with Gasteiger partial charge in [-0.05, 0) is 80.3 Å². The van der Waals surface area contributed by atoms with Gasteiger partial charge in [0.05, 0.1) is 39.5 Å². The van der Waals surface area contributed by atoms with E-state index < -0.39 is 0 Å². The number of nitriles is 1. The van der Waals surface area contributed by atoms with E-state index in [0.29, 0.717) is 39.4 Å². The van der Waals surface area contributed by atoms with E-state index in [1.165, 1.54) is 5.56 Å².